The molecule has 0 fully saturated rings. The summed E-state index contributed by atoms with van der Waals surface area (Å²) in [6.07, 6.45) is 0. The van der Waals surface area contributed by atoms with Crippen LogP contribution >= 0.6 is 0 Å². The van der Waals surface area contributed by atoms with Gasteiger partial charge in [-0.05, 0) is 50.1 Å². The average Bonchev–Trinajstić information content (AvgIpc) is 2.55. The van der Waals surface area contributed by atoms with Crippen LogP contribution in [0.2, 0.25) is 0 Å². The number of hydrogen-bond acceptors (Lipinski definition) is 3. The molecule has 0 atom stereocenters. The minimum absolute atomic E-state index is 0.00648. The molecule has 0 aliphatic carbocycles. The molecule has 122 valence electrons. The van der Waals surface area contributed by atoms with Gasteiger partial charge in [-0.2, -0.15) is 0 Å². The number of carbonyl (C=O) groups excluding carboxylic acids is 1. The van der Waals surface area contributed by atoms with Crippen LogP contribution in [0.4, 0.5) is 0 Å². The Morgan fingerprint density at radius 2 is 1.74 bits per heavy atom. The third kappa shape index (κ3) is 5.33. The molecule has 0 unspecified atom stereocenters. The van der Waals surface area contributed by atoms with E-state index in [1.165, 1.54) is 5.56 Å². The summed E-state index contributed by atoms with van der Waals surface area (Å²) in [6, 6.07) is 13.6. The molecule has 1 N–H and O–H groups in total. The maximum atomic E-state index is 11.7. The second-order valence-corrected chi connectivity index (χ2v) is 5.50. The van der Waals surface area contributed by atoms with Gasteiger partial charge in [-0.3, -0.25) is 4.79 Å². The third-order valence-electron chi connectivity index (χ3n) is 3.63. The van der Waals surface area contributed by atoms with Gasteiger partial charge in [-0.1, -0.05) is 29.8 Å². The number of nitrogens with one attached hydrogen (secondary N) is 1. The zero-order chi connectivity index (χ0) is 16.7. The average molecular weight is 313 g/mol. The first-order valence-electron chi connectivity index (χ1n) is 7.71. The van der Waals surface area contributed by atoms with Crippen LogP contribution in [0.1, 0.15) is 16.7 Å². The summed E-state index contributed by atoms with van der Waals surface area (Å²) in [7, 11) is 0. The van der Waals surface area contributed by atoms with Gasteiger partial charge in [0.05, 0.1) is 6.54 Å². The predicted octanol–water partition coefficient (Wildman–Crippen LogP) is 3.19. The molecule has 1 amide bonds. The molecule has 0 saturated carbocycles. The van der Waals surface area contributed by atoms with Crippen molar-refractivity contribution in [3.63, 3.8) is 0 Å². The monoisotopic (exact) mass is 313 g/mol. The zero-order valence-electron chi connectivity index (χ0n) is 13.9. The molecule has 0 spiro atoms. The van der Waals surface area contributed by atoms with E-state index in [2.05, 4.69) is 5.32 Å². The number of amides is 1. The van der Waals surface area contributed by atoms with E-state index >= 15 is 0 Å². The molecule has 2 rings (SSSR count). The lowest BCUT2D eigenvalue weighted by Gasteiger charge is -2.11. The molecule has 4 heteroatoms. The Morgan fingerprint density at radius 3 is 2.48 bits per heavy atom. The highest BCUT2D eigenvalue weighted by atomic mass is 16.5. The molecule has 2 aromatic carbocycles. The van der Waals surface area contributed by atoms with Crippen LogP contribution in [0.5, 0.6) is 11.5 Å². The first-order chi connectivity index (χ1) is 11.1. The lowest BCUT2D eigenvalue weighted by atomic mass is 10.1. The summed E-state index contributed by atoms with van der Waals surface area (Å²) in [5.74, 6) is 1.39. The second-order valence-electron chi connectivity index (χ2n) is 5.50. The van der Waals surface area contributed by atoms with Crippen LogP contribution < -0.4 is 14.8 Å². The van der Waals surface area contributed by atoms with Gasteiger partial charge in [0.25, 0.3) is 5.91 Å². The molecular formula is C19H23NO3. The molecule has 0 aliphatic heterocycles. The SMILES string of the molecule is Cc1ccc(OCC(=O)NCCOc2cccc(C)c2C)cc1. The highest BCUT2D eigenvalue weighted by Gasteiger charge is 2.04. The molecule has 23 heavy (non-hydrogen) atoms. The molecule has 2 aromatic rings. The number of carbonyl (C=O) groups is 1. The van der Waals surface area contributed by atoms with Crippen molar-refractivity contribution in [1.29, 1.82) is 0 Å². The van der Waals surface area contributed by atoms with Gasteiger partial charge in [-0.25, -0.2) is 0 Å². The Kier molecular flexibility index (Phi) is 6.03. The highest BCUT2D eigenvalue weighted by molar-refractivity contribution is 5.77. The maximum absolute atomic E-state index is 11.7. The molecule has 0 radical (unpaired) electrons. The van der Waals surface area contributed by atoms with Crippen LogP contribution in [0.3, 0.4) is 0 Å². The quantitative estimate of drug-likeness (QED) is 0.799. The van der Waals surface area contributed by atoms with Crippen molar-refractivity contribution < 1.29 is 14.3 Å². The Labute approximate surface area is 137 Å². The molecule has 0 heterocycles. The van der Waals surface area contributed by atoms with E-state index in [1.807, 2.05) is 63.2 Å². The van der Waals surface area contributed by atoms with Gasteiger partial charge in [0.2, 0.25) is 0 Å². The van der Waals surface area contributed by atoms with E-state index in [0.29, 0.717) is 18.9 Å². The zero-order valence-corrected chi connectivity index (χ0v) is 13.9. The molecular weight excluding hydrogens is 290 g/mol. The minimum atomic E-state index is -0.157. The first-order valence-corrected chi connectivity index (χ1v) is 7.71. The third-order valence-corrected chi connectivity index (χ3v) is 3.63. The predicted molar refractivity (Wildman–Crippen MR) is 91.1 cm³/mol. The van der Waals surface area contributed by atoms with Crippen LogP contribution in [0, 0.1) is 20.8 Å². The summed E-state index contributed by atoms with van der Waals surface area (Å²) in [5, 5.41) is 2.78. The maximum Gasteiger partial charge on any atom is 0.258 e. The number of hydrogen-bond donors (Lipinski definition) is 1. The first kappa shape index (κ1) is 16.9. The Hall–Kier alpha value is -2.49. The second kappa shape index (κ2) is 8.22. The molecule has 0 aliphatic rings. The minimum Gasteiger partial charge on any atom is -0.491 e. The standard InChI is InChI=1S/C19H23NO3/c1-14-7-9-17(10-8-14)23-13-19(21)20-11-12-22-18-6-4-5-15(2)16(18)3/h4-10H,11-13H2,1-3H3,(H,20,21). The number of benzene rings is 2. The fourth-order valence-corrected chi connectivity index (χ4v) is 2.07. The summed E-state index contributed by atoms with van der Waals surface area (Å²) in [6.45, 7) is 6.97. The van der Waals surface area contributed by atoms with E-state index in [1.54, 1.807) is 0 Å². The topological polar surface area (TPSA) is 47.6 Å². The smallest absolute Gasteiger partial charge is 0.258 e. The molecule has 0 bridgehead atoms. The van der Waals surface area contributed by atoms with E-state index in [9.17, 15) is 4.79 Å². The highest BCUT2D eigenvalue weighted by Crippen LogP contribution is 2.20. The van der Waals surface area contributed by atoms with Crippen molar-refractivity contribution in [3.8, 4) is 11.5 Å². The van der Waals surface area contributed by atoms with Crippen molar-refractivity contribution in [1.82, 2.24) is 5.32 Å². The lowest BCUT2D eigenvalue weighted by molar-refractivity contribution is -0.123. The van der Waals surface area contributed by atoms with Gasteiger partial charge in [0, 0.05) is 0 Å². The molecule has 0 saturated heterocycles. The van der Waals surface area contributed by atoms with Gasteiger partial charge < -0.3 is 14.8 Å². The van der Waals surface area contributed by atoms with Gasteiger partial charge in [0.15, 0.2) is 6.61 Å². The van der Waals surface area contributed by atoms with Crippen molar-refractivity contribution in [2.24, 2.45) is 0 Å². The summed E-state index contributed by atoms with van der Waals surface area (Å²) in [5.41, 5.74) is 3.48. The van der Waals surface area contributed by atoms with E-state index < -0.39 is 0 Å². The van der Waals surface area contributed by atoms with Crippen molar-refractivity contribution in [2.45, 2.75) is 20.8 Å². The van der Waals surface area contributed by atoms with Crippen molar-refractivity contribution in [3.05, 3.63) is 59.2 Å². The largest absolute Gasteiger partial charge is 0.491 e. The summed E-state index contributed by atoms with van der Waals surface area (Å²) in [4.78, 5) is 11.7. The van der Waals surface area contributed by atoms with Gasteiger partial charge in [0.1, 0.15) is 18.1 Å². The Morgan fingerprint density at radius 1 is 1.00 bits per heavy atom. The van der Waals surface area contributed by atoms with E-state index in [0.717, 1.165) is 16.9 Å². The van der Waals surface area contributed by atoms with Crippen LogP contribution in [-0.2, 0) is 4.79 Å². The number of rotatable bonds is 7. The number of ether oxygens (including phenoxy) is 2. The van der Waals surface area contributed by atoms with Crippen LogP contribution in [0.15, 0.2) is 42.5 Å². The fourth-order valence-electron chi connectivity index (χ4n) is 2.07. The van der Waals surface area contributed by atoms with E-state index in [-0.39, 0.29) is 12.5 Å². The van der Waals surface area contributed by atoms with Crippen molar-refractivity contribution in [2.75, 3.05) is 19.8 Å². The lowest BCUT2D eigenvalue weighted by Crippen LogP contribution is -2.32. The molecule has 4 nitrogen and oxygen atoms in total. The summed E-state index contributed by atoms with van der Waals surface area (Å²) >= 11 is 0. The van der Waals surface area contributed by atoms with Gasteiger partial charge in [-0.15, -0.1) is 0 Å². The van der Waals surface area contributed by atoms with E-state index in [4.69, 9.17) is 9.47 Å². The Bertz CT molecular complexity index is 650. The van der Waals surface area contributed by atoms with Crippen LogP contribution in [0.25, 0.3) is 0 Å². The van der Waals surface area contributed by atoms with Crippen molar-refractivity contribution >= 4 is 5.91 Å². The van der Waals surface area contributed by atoms with Crippen LogP contribution in [-0.4, -0.2) is 25.7 Å². The molecule has 0 aromatic heterocycles. The number of aryl methyl sites for hydroxylation is 2. The van der Waals surface area contributed by atoms with Gasteiger partial charge >= 0.3 is 0 Å². The normalized spacial score (nSPS) is 10.2. The fraction of sp³-hybridized carbons (Fsp3) is 0.316. The summed E-state index contributed by atoms with van der Waals surface area (Å²) < 4.78 is 11.1. The Balaban J connectivity index is 1.67.